The van der Waals surface area contributed by atoms with Crippen LogP contribution in [0.15, 0.2) is 29.4 Å². The topological polar surface area (TPSA) is 81.5 Å². The van der Waals surface area contributed by atoms with E-state index in [4.69, 9.17) is 18.9 Å². The lowest BCUT2D eigenvalue weighted by atomic mass is 9.91. The molecule has 0 bridgehead atoms. The first-order chi connectivity index (χ1) is 14.3. The zero-order chi connectivity index (χ0) is 21.5. The number of phenols is 1. The van der Waals surface area contributed by atoms with Crippen molar-refractivity contribution in [1.82, 2.24) is 5.43 Å². The number of aryl methyl sites for hydroxylation is 1. The van der Waals surface area contributed by atoms with Crippen LogP contribution in [0.1, 0.15) is 49.4 Å². The molecule has 2 heterocycles. The lowest BCUT2D eigenvalue weighted by Gasteiger charge is -2.33. The minimum atomic E-state index is -0.217. The lowest BCUT2D eigenvalue weighted by Crippen LogP contribution is -2.32. The molecule has 0 saturated carbocycles. The molecule has 0 spiro atoms. The number of nitrogens with zero attached hydrogens (tertiary/aromatic N) is 1. The zero-order valence-corrected chi connectivity index (χ0v) is 18.0. The smallest absolute Gasteiger partial charge is 0.203 e. The van der Waals surface area contributed by atoms with Gasteiger partial charge in [0.1, 0.15) is 17.1 Å². The number of rotatable bonds is 5. The summed E-state index contributed by atoms with van der Waals surface area (Å²) in [6, 6.07) is 7.47. The van der Waals surface area contributed by atoms with Crippen molar-refractivity contribution >= 4 is 5.71 Å². The van der Waals surface area contributed by atoms with Crippen LogP contribution in [0.25, 0.3) is 0 Å². The van der Waals surface area contributed by atoms with Gasteiger partial charge >= 0.3 is 0 Å². The zero-order valence-electron chi connectivity index (χ0n) is 18.0. The van der Waals surface area contributed by atoms with E-state index in [0.717, 1.165) is 41.0 Å². The molecule has 0 aliphatic carbocycles. The monoisotopic (exact) mass is 412 g/mol. The summed E-state index contributed by atoms with van der Waals surface area (Å²) in [6.07, 6.45) is 2.47. The van der Waals surface area contributed by atoms with Crippen molar-refractivity contribution in [2.24, 2.45) is 5.10 Å². The van der Waals surface area contributed by atoms with E-state index in [1.54, 1.807) is 27.4 Å². The van der Waals surface area contributed by atoms with Crippen LogP contribution in [0.3, 0.4) is 0 Å². The molecule has 2 aromatic carbocycles. The number of phenolic OH excluding ortho intramolecular Hbond substituents is 1. The van der Waals surface area contributed by atoms with Crippen molar-refractivity contribution in [1.29, 1.82) is 0 Å². The number of hydrogen-bond donors (Lipinski definition) is 2. The Kier molecular flexibility index (Phi) is 5.13. The van der Waals surface area contributed by atoms with Crippen LogP contribution in [0.5, 0.6) is 28.7 Å². The predicted molar refractivity (Wildman–Crippen MR) is 114 cm³/mol. The first-order valence-electron chi connectivity index (χ1n) is 10.0. The Morgan fingerprint density at radius 1 is 1.07 bits per heavy atom. The fourth-order valence-electron chi connectivity index (χ4n) is 4.03. The number of hydrazone groups is 1. The SMILES string of the molecule is COc1cc(C2CC(c3cc4c(cc3O)OC(C)(C)CC4)=NN2)cc(OC)c1OC. The number of nitrogens with one attached hydrogen (secondary N) is 1. The van der Waals surface area contributed by atoms with Gasteiger partial charge in [-0.1, -0.05) is 0 Å². The van der Waals surface area contributed by atoms with Crippen molar-refractivity contribution in [2.45, 2.75) is 44.8 Å². The van der Waals surface area contributed by atoms with Crippen LogP contribution in [-0.2, 0) is 6.42 Å². The highest BCUT2D eigenvalue weighted by Crippen LogP contribution is 2.42. The Morgan fingerprint density at radius 3 is 2.40 bits per heavy atom. The van der Waals surface area contributed by atoms with Gasteiger partial charge in [0, 0.05) is 18.1 Å². The van der Waals surface area contributed by atoms with E-state index >= 15 is 0 Å². The van der Waals surface area contributed by atoms with E-state index < -0.39 is 0 Å². The summed E-state index contributed by atoms with van der Waals surface area (Å²) in [5, 5.41) is 15.2. The summed E-state index contributed by atoms with van der Waals surface area (Å²) in [7, 11) is 4.78. The summed E-state index contributed by atoms with van der Waals surface area (Å²) in [5.74, 6) is 2.67. The van der Waals surface area contributed by atoms with E-state index in [2.05, 4.69) is 24.4 Å². The molecule has 4 rings (SSSR count). The third kappa shape index (κ3) is 3.60. The first kappa shape index (κ1) is 20.2. The van der Waals surface area contributed by atoms with Crippen LogP contribution < -0.4 is 24.4 Å². The van der Waals surface area contributed by atoms with Crippen LogP contribution in [0, 0.1) is 0 Å². The van der Waals surface area contributed by atoms with Gasteiger partial charge in [0.2, 0.25) is 5.75 Å². The molecular weight excluding hydrogens is 384 g/mol. The van der Waals surface area contributed by atoms with Gasteiger partial charge in [-0.25, -0.2) is 0 Å². The molecule has 0 amide bonds. The lowest BCUT2D eigenvalue weighted by molar-refractivity contribution is 0.0843. The molecule has 2 aliphatic heterocycles. The third-order valence-corrected chi connectivity index (χ3v) is 5.71. The van der Waals surface area contributed by atoms with Crippen molar-refractivity contribution < 1.29 is 24.1 Å². The number of hydrogen-bond acceptors (Lipinski definition) is 7. The number of benzene rings is 2. The minimum Gasteiger partial charge on any atom is -0.507 e. The van der Waals surface area contributed by atoms with Crippen LogP contribution in [0.2, 0.25) is 0 Å². The van der Waals surface area contributed by atoms with E-state index in [-0.39, 0.29) is 17.4 Å². The quantitative estimate of drug-likeness (QED) is 0.774. The normalized spacial score (nSPS) is 19.2. The molecule has 7 nitrogen and oxygen atoms in total. The molecule has 0 radical (unpaired) electrons. The second kappa shape index (κ2) is 7.63. The largest absolute Gasteiger partial charge is 0.507 e. The fourth-order valence-corrected chi connectivity index (χ4v) is 4.03. The molecule has 0 saturated heterocycles. The molecule has 2 aromatic rings. The van der Waals surface area contributed by atoms with Gasteiger partial charge in [-0.3, -0.25) is 0 Å². The highest BCUT2D eigenvalue weighted by molar-refractivity contribution is 6.04. The summed E-state index contributed by atoms with van der Waals surface area (Å²) < 4.78 is 22.4. The standard InChI is InChI=1S/C23H28N2O5/c1-23(2)7-6-13-8-15(18(26)12-19(13)30-23)17-11-16(24-25-17)14-9-20(27-3)22(29-5)21(10-14)28-4/h8-10,12,16,24,26H,6-7,11H2,1-5H3. The highest BCUT2D eigenvalue weighted by atomic mass is 16.5. The predicted octanol–water partition coefficient (Wildman–Crippen LogP) is 3.96. The molecular formula is C23H28N2O5. The molecule has 160 valence electrons. The second-order valence-electron chi connectivity index (χ2n) is 8.24. The Balaban J connectivity index is 1.60. The van der Waals surface area contributed by atoms with Gasteiger partial charge in [-0.15, -0.1) is 0 Å². The summed E-state index contributed by atoms with van der Waals surface area (Å²) in [5.41, 5.74) is 6.56. The van der Waals surface area contributed by atoms with Gasteiger partial charge < -0.3 is 29.5 Å². The minimum absolute atomic E-state index is 0.0701. The summed E-state index contributed by atoms with van der Waals surface area (Å²) in [6.45, 7) is 4.13. The maximum absolute atomic E-state index is 10.6. The van der Waals surface area contributed by atoms with Crippen LogP contribution in [0.4, 0.5) is 0 Å². The summed E-state index contributed by atoms with van der Waals surface area (Å²) >= 11 is 0. The molecule has 0 aromatic heterocycles. The molecule has 1 unspecified atom stereocenters. The van der Waals surface area contributed by atoms with Crippen molar-refractivity contribution in [3.63, 3.8) is 0 Å². The van der Waals surface area contributed by atoms with E-state index in [1.807, 2.05) is 18.2 Å². The van der Waals surface area contributed by atoms with Gasteiger partial charge in [0.05, 0.1) is 33.1 Å². The Morgan fingerprint density at radius 2 is 1.77 bits per heavy atom. The van der Waals surface area contributed by atoms with Gasteiger partial charge in [-0.05, 0) is 56.0 Å². The third-order valence-electron chi connectivity index (χ3n) is 5.71. The molecule has 2 aliphatic rings. The first-order valence-corrected chi connectivity index (χ1v) is 10.0. The second-order valence-corrected chi connectivity index (χ2v) is 8.24. The molecule has 7 heteroatoms. The Labute approximate surface area is 176 Å². The number of fused-ring (bicyclic) bond motifs is 1. The average molecular weight is 412 g/mol. The maximum atomic E-state index is 10.6. The fraction of sp³-hybridized carbons (Fsp3) is 0.435. The van der Waals surface area contributed by atoms with E-state index in [0.29, 0.717) is 23.7 Å². The molecule has 1 atom stereocenters. The van der Waals surface area contributed by atoms with Crippen molar-refractivity contribution in [3.8, 4) is 28.7 Å². The highest BCUT2D eigenvalue weighted by Gasteiger charge is 2.30. The molecule has 0 fully saturated rings. The summed E-state index contributed by atoms with van der Waals surface area (Å²) in [4.78, 5) is 0. The van der Waals surface area contributed by atoms with Crippen LogP contribution >= 0.6 is 0 Å². The van der Waals surface area contributed by atoms with Crippen molar-refractivity contribution in [3.05, 3.63) is 41.0 Å². The maximum Gasteiger partial charge on any atom is 0.203 e. The Hall–Kier alpha value is -3.09. The number of aromatic hydroxyl groups is 1. The average Bonchev–Trinajstić information content (AvgIpc) is 3.21. The number of ether oxygens (including phenoxy) is 4. The van der Waals surface area contributed by atoms with Gasteiger partial charge in [-0.2, -0.15) is 5.10 Å². The Bertz CT molecular complexity index is 974. The van der Waals surface area contributed by atoms with Crippen molar-refractivity contribution in [2.75, 3.05) is 21.3 Å². The molecule has 2 N–H and O–H groups in total. The van der Waals surface area contributed by atoms with E-state index in [1.165, 1.54) is 0 Å². The van der Waals surface area contributed by atoms with E-state index in [9.17, 15) is 5.11 Å². The van der Waals surface area contributed by atoms with Crippen LogP contribution in [-0.4, -0.2) is 37.7 Å². The molecule has 30 heavy (non-hydrogen) atoms. The van der Waals surface area contributed by atoms with Gasteiger partial charge in [0.25, 0.3) is 0 Å². The number of methoxy groups -OCH3 is 3. The van der Waals surface area contributed by atoms with Gasteiger partial charge in [0.15, 0.2) is 11.5 Å².